The van der Waals surface area contributed by atoms with Gasteiger partial charge in [0.05, 0.1) is 10.5 Å². The second-order valence-electron chi connectivity index (χ2n) is 3.26. The van der Waals surface area contributed by atoms with Gasteiger partial charge >= 0.3 is 0 Å². The summed E-state index contributed by atoms with van der Waals surface area (Å²) in [5, 5.41) is 12.1. The molecule has 0 heterocycles. The van der Waals surface area contributed by atoms with Crippen molar-refractivity contribution in [3.63, 3.8) is 0 Å². The summed E-state index contributed by atoms with van der Waals surface area (Å²) >= 11 is 1.96. The molecular weight excluding hydrogens is 325 g/mol. The molecule has 1 rings (SSSR count). The van der Waals surface area contributed by atoms with E-state index in [0.29, 0.717) is 9.13 Å². The Morgan fingerprint density at radius 1 is 1.50 bits per heavy atom. The molecule has 6 nitrogen and oxygen atoms in total. The van der Waals surface area contributed by atoms with E-state index in [1.807, 2.05) is 22.6 Å². The number of non-ortho nitro benzene ring substituents is 1. The number of nitro groups is 1. The zero-order chi connectivity index (χ0) is 12.3. The van der Waals surface area contributed by atoms with Crippen LogP contribution in [0.2, 0.25) is 0 Å². The van der Waals surface area contributed by atoms with Crippen LogP contribution in [-0.2, 0) is 0 Å². The zero-order valence-electron chi connectivity index (χ0n) is 8.73. The van der Waals surface area contributed by atoms with E-state index in [1.54, 1.807) is 20.2 Å². The van der Waals surface area contributed by atoms with Crippen LogP contribution < -0.4 is 5.43 Å². The first-order chi connectivity index (χ1) is 7.41. The van der Waals surface area contributed by atoms with Gasteiger partial charge in [0.15, 0.2) is 0 Å². The Morgan fingerprint density at radius 2 is 2.12 bits per heavy atom. The maximum Gasteiger partial charge on any atom is 0.270 e. The van der Waals surface area contributed by atoms with Crippen LogP contribution in [0.3, 0.4) is 0 Å². The molecule has 0 radical (unpaired) electrons. The number of hydrogen-bond acceptors (Lipinski definition) is 4. The Balaban J connectivity index is 3.07. The number of nitrogens with one attached hydrogen (secondary N) is 1. The highest BCUT2D eigenvalue weighted by Gasteiger charge is 2.15. The minimum absolute atomic E-state index is 0.0932. The monoisotopic (exact) mass is 335 g/mol. The van der Waals surface area contributed by atoms with Crippen LogP contribution in [0.5, 0.6) is 0 Å². The predicted molar refractivity (Wildman–Crippen MR) is 67.0 cm³/mol. The second kappa shape index (κ2) is 5.21. The van der Waals surface area contributed by atoms with Gasteiger partial charge in [-0.05, 0) is 28.7 Å². The zero-order valence-corrected chi connectivity index (χ0v) is 10.9. The lowest BCUT2D eigenvalue weighted by molar-refractivity contribution is -0.384. The van der Waals surface area contributed by atoms with Gasteiger partial charge in [-0.3, -0.25) is 20.3 Å². The molecule has 16 heavy (non-hydrogen) atoms. The first-order valence-corrected chi connectivity index (χ1v) is 5.42. The van der Waals surface area contributed by atoms with E-state index in [-0.39, 0.29) is 11.6 Å². The summed E-state index contributed by atoms with van der Waals surface area (Å²) in [6, 6.07) is 4.18. The average Bonchev–Trinajstić information content (AvgIpc) is 2.16. The fourth-order valence-corrected chi connectivity index (χ4v) is 1.64. The SMILES string of the molecule is CN(C)NC(=O)c1cc([N+](=O)[O-])ccc1I. The van der Waals surface area contributed by atoms with Gasteiger partial charge < -0.3 is 0 Å². The fourth-order valence-electron chi connectivity index (χ4n) is 1.06. The topological polar surface area (TPSA) is 75.5 Å². The smallest absolute Gasteiger partial charge is 0.270 e. The number of nitrogens with zero attached hydrogens (tertiary/aromatic N) is 2. The minimum atomic E-state index is -0.525. The van der Waals surface area contributed by atoms with Crippen molar-refractivity contribution in [1.82, 2.24) is 10.4 Å². The summed E-state index contributed by atoms with van der Waals surface area (Å²) in [6.45, 7) is 0. The maximum atomic E-state index is 11.7. The van der Waals surface area contributed by atoms with Crippen molar-refractivity contribution in [3.05, 3.63) is 37.4 Å². The second-order valence-corrected chi connectivity index (χ2v) is 4.42. The number of carbonyl (C=O) groups excluding carboxylic acids is 1. The standard InChI is InChI=1S/C9H10IN3O3/c1-12(2)11-9(14)7-5-6(13(15)16)3-4-8(7)10/h3-5H,1-2H3,(H,11,14). The Bertz CT molecular complexity index is 434. The summed E-state index contributed by atoms with van der Waals surface area (Å²) in [5.41, 5.74) is 2.73. The first-order valence-electron chi connectivity index (χ1n) is 4.34. The molecule has 7 heteroatoms. The molecule has 0 aliphatic heterocycles. The molecule has 0 bridgehead atoms. The van der Waals surface area contributed by atoms with Gasteiger partial charge in [0, 0.05) is 29.8 Å². The summed E-state index contributed by atoms with van der Waals surface area (Å²) in [6.07, 6.45) is 0. The first kappa shape index (κ1) is 12.8. The van der Waals surface area contributed by atoms with E-state index < -0.39 is 4.92 Å². The lowest BCUT2D eigenvalue weighted by atomic mass is 10.2. The average molecular weight is 335 g/mol. The van der Waals surface area contributed by atoms with Crippen molar-refractivity contribution in [2.45, 2.75) is 0 Å². The third-order valence-electron chi connectivity index (χ3n) is 1.73. The van der Waals surface area contributed by atoms with Crippen LogP contribution in [0.1, 0.15) is 10.4 Å². The van der Waals surface area contributed by atoms with Gasteiger partial charge in [0.1, 0.15) is 0 Å². The van der Waals surface area contributed by atoms with Crippen molar-refractivity contribution in [2.75, 3.05) is 14.1 Å². The highest BCUT2D eigenvalue weighted by Crippen LogP contribution is 2.19. The van der Waals surface area contributed by atoms with Crippen molar-refractivity contribution >= 4 is 34.2 Å². The number of halogens is 1. The quantitative estimate of drug-likeness (QED) is 0.515. The summed E-state index contributed by atoms with van der Waals surface area (Å²) in [5.74, 6) is -0.363. The van der Waals surface area contributed by atoms with Gasteiger partial charge in [-0.25, -0.2) is 5.01 Å². The number of hydrazine groups is 1. The number of rotatable bonds is 3. The van der Waals surface area contributed by atoms with E-state index in [1.165, 1.54) is 17.1 Å². The van der Waals surface area contributed by atoms with E-state index in [9.17, 15) is 14.9 Å². The molecule has 0 fully saturated rings. The Labute approximate surface area is 106 Å². The van der Waals surface area contributed by atoms with Crippen LogP contribution >= 0.6 is 22.6 Å². The lowest BCUT2D eigenvalue weighted by Crippen LogP contribution is -2.36. The van der Waals surface area contributed by atoms with Crippen LogP contribution in [0, 0.1) is 13.7 Å². The molecule has 0 spiro atoms. The van der Waals surface area contributed by atoms with Gasteiger partial charge in [-0.2, -0.15) is 0 Å². The van der Waals surface area contributed by atoms with Crippen LogP contribution in [0.4, 0.5) is 5.69 Å². The van der Waals surface area contributed by atoms with E-state index in [0.717, 1.165) is 0 Å². The van der Waals surface area contributed by atoms with Gasteiger partial charge in [0.25, 0.3) is 11.6 Å². The van der Waals surface area contributed by atoms with Crippen LogP contribution in [-0.4, -0.2) is 29.9 Å². The molecule has 0 aliphatic rings. The van der Waals surface area contributed by atoms with Crippen molar-refractivity contribution < 1.29 is 9.72 Å². The molecule has 1 N–H and O–H groups in total. The van der Waals surface area contributed by atoms with Gasteiger partial charge in [-0.1, -0.05) is 0 Å². The maximum absolute atomic E-state index is 11.7. The third-order valence-corrected chi connectivity index (χ3v) is 2.67. The van der Waals surface area contributed by atoms with Crippen molar-refractivity contribution in [3.8, 4) is 0 Å². The van der Waals surface area contributed by atoms with Gasteiger partial charge in [-0.15, -0.1) is 0 Å². The molecule has 0 aromatic heterocycles. The van der Waals surface area contributed by atoms with Crippen molar-refractivity contribution in [2.24, 2.45) is 0 Å². The molecule has 1 aromatic carbocycles. The Kier molecular flexibility index (Phi) is 4.19. The molecule has 1 aromatic rings. The molecule has 0 saturated heterocycles. The summed E-state index contributed by atoms with van der Waals surface area (Å²) in [7, 11) is 3.34. The molecule has 86 valence electrons. The normalized spacial score (nSPS) is 10.2. The molecule has 1 amide bonds. The molecular formula is C9H10IN3O3. The molecule has 0 unspecified atom stereocenters. The number of hydrogen-bond donors (Lipinski definition) is 1. The Morgan fingerprint density at radius 3 is 2.62 bits per heavy atom. The van der Waals surface area contributed by atoms with Crippen LogP contribution in [0.25, 0.3) is 0 Å². The number of benzene rings is 1. The Hall–Kier alpha value is -1.22. The van der Waals surface area contributed by atoms with Crippen molar-refractivity contribution in [1.29, 1.82) is 0 Å². The molecule has 0 atom stereocenters. The summed E-state index contributed by atoms with van der Waals surface area (Å²) < 4.78 is 0.669. The largest absolute Gasteiger partial charge is 0.285 e. The number of nitro benzene ring substituents is 1. The van der Waals surface area contributed by atoms with E-state index >= 15 is 0 Å². The highest BCUT2D eigenvalue weighted by molar-refractivity contribution is 14.1. The van der Waals surface area contributed by atoms with E-state index in [2.05, 4.69) is 5.43 Å². The number of amides is 1. The fraction of sp³-hybridized carbons (Fsp3) is 0.222. The van der Waals surface area contributed by atoms with Crippen LogP contribution in [0.15, 0.2) is 18.2 Å². The molecule has 0 aliphatic carbocycles. The third kappa shape index (κ3) is 3.14. The number of carbonyl (C=O) groups is 1. The van der Waals surface area contributed by atoms with E-state index in [4.69, 9.17) is 0 Å². The summed E-state index contributed by atoms with van der Waals surface area (Å²) in [4.78, 5) is 21.7. The minimum Gasteiger partial charge on any atom is -0.285 e. The lowest BCUT2D eigenvalue weighted by Gasteiger charge is -2.12. The predicted octanol–water partition coefficient (Wildman–Crippen LogP) is 1.41. The van der Waals surface area contributed by atoms with Gasteiger partial charge in [0.2, 0.25) is 0 Å². The molecule has 0 saturated carbocycles. The highest BCUT2D eigenvalue weighted by atomic mass is 127.